The predicted molar refractivity (Wildman–Crippen MR) is 121 cm³/mol. The zero-order chi connectivity index (χ0) is 20.1. The summed E-state index contributed by atoms with van der Waals surface area (Å²) in [5.74, 6) is -0.00569. The summed E-state index contributed by atoms with van der Waals surface area (Å²) in [6, 6.07) is 28.7. The average Bonchev–Trinajstić information content (AvgIpc) is 3.19. The highest BCUT2D eigenvalue weighted by Gasteiger charge is 2.39. The first-order chi connectivity index (χ1) is 14.2. The van der Waals surface area contributed by atoms with Crippen LogP contribution in [0.4, 0.5) is 0 Å². The molecule has 3 aromatic rings. The molecule has 1 aliphatic heterocycles. The van der Waals surface area contributed by atoms with E-state index in [1.165, 1.54) is 22.9 Å². The number of hydrogen-bond donors (Lipinski definition) is 0. The standard InChI is InChI=1S/C25H24ClNOS/c26-21-11-13-22(14-12-21)29-25(28)23-16-18-27(17-15-19-7-3-1-4-8-19)24(23)20-9-5-2-6-10-20/h1-14,23-24H,15-18H2/t23-,24-/m1/s1. The first-order valence-electron chi connectivity index (χ1n) is 10.0. The van der Waals surface area contributed by atoms with Gasteiger partial charge in [0.15, 0.2) is 5.12 Å². The smallest absolute Gasteiger partial charge is 0.198 e. The Hall–Kier alpha value is -2.07. The van der Waals surface area contributed by atoms with Crippen LogP contribution in [0.25, 0.3) is 0 Å². The molecule has 0 unspecified atom stereocenters. The zero-order valence-electron chi connectivity index (χ0n) is 16.2. The molecular formula is C25H24ClNOS. The van der Waals surface area contributed by atoms with Crippen LogP contribution in [0.1, 0.15) is 23.6 Å². The highest BCUT2D eigenvalue weighted by atomic mass is 35.5. The second-order valence-corrected chi connectivity index (χ2v) is 8.91. The van der Waals surface area contributed by atoms with E-state index in [1.54, 1.807) is 0 Å². The highest BCUT2D eigenvalue weighted by molar-refractivity contribution is 8.13. The lowest BCUT2D eigenvalue weighted by atomic mass is 9.94. The fraction of sp³-hybridized carbons (Fsp3) is 0.240. The largest absolute Gasteiger partial charge is 0.295 e. The van der Waals surface area contributed by atoms with Crippen molar-refractivity contribution in [2.45, 2.75) is 23.8 Å². The van der Waals surface area contributed by atoms with Crippen molar-refractivity contribution >= 4 is 28.5 Å². The van der Waals surface area contributed by atoms with Crippen molar-refractivity contribution in [3.05, 3.63) is 101 Å². The molecular weight excluding hydrogens is 398 g/mol. The monoisotopic (exact) mass is 421 g/mol. The van der Waals surface area contributed by atoms with E-state index in [2.05, 4.69) is 59.5 Å². The van der Waals surface area contributed by atoms with E-state index in [0.29, 0.717) is 5.02 Å². The normalized spacial score (nSPS) is 19.3. The fourth-order valence-electron chi connectivity index (χ4n) is 4.06. The van der Waals surface area contributed by atoms with Gasteiger partial charge in [-0.1, -0.05) is 84.0 Å². The van der Waals surface area contributed by atoms with Crippen LogP contribution < -0.4 is 0 Å². The van der Waals surface area contributed by atoms with Crippen molar-refractivity contribution < 1.29 is 4.79 Å². The molecule has 1 fully saturated rings. The lowest BCUT2D eigenvalue weighted by molar-refractivity contribution is -0.115. The number of thioether (sulfide) groups is 1. The Morgan fingerprint density at radius 3 is 2.28 bits per heavy atom. The molecule has 4 heteroatoms. The molecule has 4 rings (SSSR count). The number of carbonyl (C=O) groups is 1. The molecule has 0 radical (unpaired) electrons. The van der Waals surface area contributed by atoms with E-state index in [-0.39, 0.29) is 17.1 Å². The van der Waals surface area contributed by atoms with Gasteiger partial charge in [-0.25, -0.2) is 0 Å². The lowest BCUT2D eigenvalue weighted by Gasteiger charge is -2.28. The molecule has 0 amide bonds. The van der Waals surface area contributed by atoms with Crippen LogP contribution in [0.3, 0.4) is 0 Å². The van der Waals surface area contributed by atoms with Crippen molar-refractivity contribution in [2.75, 3.05) is 13.1 Å². The van der Waals surface area contributed by atoms with Crippen LogP contribution >= 0.6 is 23.4 Å². The highest BCUT2D eigenvalue weighted by Crippen LogP contribution is 2.41. The third-order valence-electron chi connectivity index (χ3n) is 5.51. The fourth-order valence-corrected chi connectivity index (χ4v) is 5.09. The molecule has 0 aliphatic carbocycles. The van der Waals surface area contributed by atoms with Gasteiger partial charge in [-0.2, -0.15) is 0 Å². The summed E-state index contributed by atoms with van der Waals surface area (Å²) in [5, 5.41) is 0.931. The zero-order valence-corrected chi connectivity index (χ0v) is 17.8. The van der Waals surface area contributed by atoms with Crippen LogP contribution in [0, 0.1) is 5.92 Å². The minimum atomic E-state index is -0.00569. The van der Waals surface area contributed by atoms with E-state index in [1.807, 2.05) is 30.3 Å². The summed E-state index contributed by atoms with van der Waals surface area (Å²) in [6.45, 7) is 1.91. The number of benzene rings is 3. The summed E-state index contributed by atoms with van der Waals surface area (Å²) in [5.41, 5.74) is 2.57. The molecule has 0 aromatic heterocycles. The molecule has 148 valence electrons. The number of hydrogen-bond acceptors (Lipinski definition) is 3. The molecule has 1 saturated heterocycles. The second-order valence-electron chi connectivity index (χ2n) is 7.40. The van der Waals surface area contributed by atoms with Gasteiger partial charge in [0.1, 0.15) is 0 Å². The predicted octanol–water partition coefficient (Wildman–Crippen LogP) is 6.26. The molecule has 3 aromatic carbocycles. The summed E-state index contributed by atoms with van der Waals surface area (Å²) < 4.78 is 0. The Balaban J connectivity index is 1.51. The Labute approximate surface area is 181 Å². The van der Waals surface area contributed by atoms with Crippen molar-refractivity contribution in [1.29, 1.82) is 0 Å². The summed E-state index contributed by atoms with van der Waals surface area (Å²) in [7, 11) is 0. The van der Waals surface area contributed by atoms with Crippen molar-refractivity contribution in [3.63, 3.8) is 0 Å². The SMILES string of the molecule is O=C(Sc1ccc(Cl)cc1)[C@@H]1CCN(CCc2ccccc2)[C@@H]1c1ccccc1. The van der Waals surface area contributed by atoms with E-state index < -0.39 is 0 Å². The molecule has 2 nitrogen and oxygen atoms in total. The maximum Gasteiger partial charge on any atom is 0.198 e. The lowest BCUT2D eigenvalue weighted by Crippen LogP contribution is -2.29. The maximum absolute atomic E-state index is 13.2. The van der Waals surface area contributed by atoms with E-state index >= 15 is 0 Å². The van der Waals surface area contributed by atoms with Crippen LogP contribution in [0.2, 0.25) is 5.02 Å². The molecule has 1 aliphatic rings. The second kappa shape index (κ2) is 9.62. The number of likely N-dealkylation sites (tertiary alicyclic amines) is 1. The van der Waals surface area contributed by atoms with Crippen molar-refractivity contribution in [2.24, 2.45) is 5.92 Å². The molecule has 2 atom stereocenters. The Kier molecular flexibility index (Phi) is 6.70. The van der Waals surface area contributed by atoms with Crippen LogP contribution in [-0.4, -0.2) is 23.1 Å². The third kappa shape index (κ3) is 5.11. The Bertz CT molecular complexity index is 930. The van der Waals surface area contributed by atoms with Gasteiger partial charge >= 0.3 is 0 Å². The molecule has 0 bridgehead atoms. The van der Waals surface area contributed by atoms with Gasteiger partial charge in [0.25, 0.3) is 0 Å². The van der Waals surface area contributed by atoms with Gasteiger partial charge in [-0.15, -0.1) is 0 Å². The first-order valence-corrected chi connectivity index (χ1v) is 11.2. The van der Waals surface area contributed by atoms with Crippen LogP contribution in [0.5, 0.6) is 0 Å². The van der Waals surface area contributed by atoms with Crippen LogP contribution in [0.15, 0.2) is 89.8 Å². The Morgan fingerprint density at radius 1 is 0.931 bits per heavy atom. The van der Waals surface area contributed by atoms with Crippen molar-refractivity contribution in [1.82, 2.24) is 4.90 Å². The van der Waals surface area contributed by atoms with Gasteiger partial charge in [-0.05, 0) is 54.8 Å². The molecule has 0 N–H and O–H groups in total. The minimum absolute atomic E-state index is 0.00569. The van der Waals surface area contributed by atoms with Gasteiger partial charge in [0, 0.05) is 28.4 Å². The van der Waals surface area contributed by atoms with Gasteiger partial charge in [0.2, 0.25) is 0 Å². The maximum atomic E-state index is 13.2. The third-order valence-corrected chi connectivity index (χ3v) is 6.77. The average molecular weight is 422 g/mol. The van der Waals surface area contributed by atoms with Gasteiger partial charge in [0.05, 0.1) is 0 Å². The Morgan fingerprint density at radius 2 is 1.59 bits per heavy atom. The van der Waals surface area contributed by atoms with Gasteiger partial charge < -0.3 is 0 Å². The summed E-state index contributed by atoms with van der Waals surface area (Å²) in [4.78, 5) is 16.6. The van der Waals surface area contributed by atoms with Crippen LogP contribution in [-0.2, 0) is 11.2 Å². The molecule has 0 spiro atoms. The molecule has 0 saturated carbocycles. The summed E-state index contributed by atoms with van der Waals surface area (Å²) in [6.07, 6.45) is 1.89. The minimum Gasteiger partial charge on any atom is -0.295 e. The number of carbonyl (C=O) groups excluding carboxylic acids is 1. The topological polar surface area (TPSA) is 20.3 Å². The quantitative estimate of drug-likeness (QED) is 0.438. The first kappa shape index (κ1) is 20.2. The molecule has 1 heterocycles. The summed E-state index contributed by atoms with van der Waals surface area (Å²) >= 11 is 7.32. The van der Waals surface area contributed by atoms with E-state index in [9.17, 15) is 4.79 Å². The number of halogens is 1. The number of rotatable bonds is 6. The number of nitrogens with zero attached hydrogens (tertiary/aromatic N) is 1. The van der Waals surface area contributed by atoms with E-state index in [0.717, 1.165) is 30.8 Å². The van der Waals surface area contributed by atoms with E-state index in [4.69, 9.17) is 11.6 Å². The van der Waals surface area contributed by atoms with Gasteiger partial charge in [-0.3, -0.25) is 9.69 Å². The molecule has 29 heavy (non-hydrogen) atoms. The van der Waals surface area contributed by atoms with Crippen molar-refractivity contribution in [3.8, 4) is 0 Å².